The van der Waals surface area contributed by atoms with Crippen LogP contribution in [0.25, 0.3) is 27.8 Å². The van der Waals surface area contributed by atoms with Crippen molar-refractivity contribution in [2.45, 2.75) is 40.7 Å². The Kier molecular flexibility index (Phi) is 6.72. The standard InChI is InChI=1S/C22H20N4O2.2C2H6/c1-13-18-20-17(21(27)25(3)22(28)24(20)2)19(14-9-5-4-6-10-14)26(18)16-12-8-7-11-15(16)23-13;2*1-2/h4-13,23H,1-3H3;2*1-2H3. The van der Waals surface area contributed by atoms with Crippen LogP contribution in [-0.2, 0) is 14.1 Å². The molecule has 6 nitrogen and oxygen atoms in total. The maximum atomic E-state index is 13.2. The summed E-state index contributed by atoms with van der Waals surface area (Å²) in [6, 6.07) is 17.9. The molecule has 0 saturated carbocycles. The van der Waals surface area contributed by atoms with Crippen LogP contribution in [0.3, 0.4) is 0 Å². The molecular formula is C26H32N4O2. The maximum absolute atomic E-state index is 13.2. The predicted octanol–water partition coefficient (Wildman–Crippen LogP) is 5.23. The van der Waals surface area contributed by atoms with E-state index in [1.807, 2.05) is 82.3 Å². The lowest BCUT2D eigenvalue weighted by Crippen LogP contribution is -2.37. The second-order valence-corrected chi connectivity index (χ2v) is 7.25. The van der Waals surface area contributed by atoms with Crippen molar-refractivity contribution in [1.82, 2.24) is 13.7 Å². The number of para-hydroxylation sites is 2. The number of benzene rings is 2. The average Bonchev–Trinajstić information content (AvgIpc) is 3.22. The molecule has 5 rings (SSSR count). The van der Waals surface area contributed by atoms with Crippen LogP contribution in [0.5, 0.6) is 0 Å². The Balaban J connectivity index is 0.000000686. The molecular weight excluding hydrogens is 400 g/mol. The molecule has 0 saturated heterocycles. The van der Waals surface area contributed by atoms with Crippen LogP contribution in [0, 0.1) is 0 Å². The molecule has 1 aliphatic rings. The molecule has 0 radical (unpaired) electrons. The summed E-state index contributed by atoms with van der Waals surface area (Å²) in [5, 5.41) is 4.07. The zero-order valence-corrected chi connectivity index (χ0v) is 19.9. The van der Waals surface area contributed by atoms with E-state index in [0.29, 0.717) is 10.9 Å². The number of anilines is 1. The van der Waals surface area contributed by atoms with E-state index in [0.717, 1.165) is 28.3 Å². The molecule has 2 aromatic heterocycles. The van der Waals surface area contributed by atoms with E-state index in [1.54, 1.807) is 11.6 Å². The number of aryl methyl sites for hydroxylation is 1. The normalized spacial score (nSPS) is 13.7. The first kappa shape index (κ1) is 23.1. The fraction of sp³-hybridized carbons (Fsp3) is 0.308. The van der Waals surface area contributed by atoms with Crippen molar-refractivity contribution in [3.05, 3.63) is 81.1 Å². The van der Waals surface area contributed by atoms with E-state index in [2.05, 4.69) is 16.8 Å². The summed E-state index contributed by atoms with van der Waals surface area (Å²) in [4.78, 5) is 25.9. The van der Waals surface area contributed by atoms with Gasteiger partial charge in [0.25, 0.3) is 5.56 Å². The first-order chi connectivity index (χ1) is 15.5. The third-order valence-corrected chi connectivity index (χ3v) is 5.58. The molecule has 4 aromatic rings. The van der Waals surface area contributed by atoms with Gasteiger partial charge in [-0.1, -0.05) is 70.2 Å². The molecule has 1 aliphatic heterocycles. The minimum atomic E-state index is -0.323. The van der Waals surface area contributed by atoms with Gasteiger partial charge in [0.05, 0.1) is 39.7 Å². The quantitative estimate of drug-likeness (QED) is 0.448. The van der Waals surface area contributed by atoms with Crippen molar-refractivity contribution >= 4 is 16.6 Å². The lowest BCUT2D eigenvalue weighted by molar-refractivity contribution is 0.705. The van der Waals surface area contributed by atoms with Crippen LogP contribution in [0.4, 0.5) is 5.69 Å². The molecule has 3 heterocycles. The first-order valence-electron chi connectivity index (χ1n) is 11.3. The van der Waals surface area contributed by atoms with Crippen LogP contribution < -0.4 is 16.6 Å². The van der Waals surface area contributed by atoms with Gasteiger partial charge >= 0.3 is 5.69 Å². The Morgan fingerprint density at radius 2 is 1.41 bits per heavy atom. The van der Waals surface area contributed by atoms with E-state index in [4.69, 9.17) is 0 Å². The minimum absolute atomic E-state index is 0.0624. The van der Waals surface area contributed by atoms with Crippen LogP contribution >= 0.6 is 0 Å². The number of hydrogen-bond donors (Lipinski definition) is 1. The topological polar surface area (TPSA) is 61.0 Å². The van der Waals surface area contributed by atoms with E-state index in [1.165, 1.54) is 11.6 Å². The third kappa shape index (κ3) is 3.36. The molecule has 1 N–H and O–H groups in total. The van der Waals surface area contributed by atoms with Crippen LogP contribution in [-0.4, -0.2) is 13.7 Å². The van der Waals surface area contributed by atoms with Crippen LogP contribution in [0.2, 0.25) is 0 Å². The van der Waals surface area contributed by atoms with E-state index in [9.17, 15) is 9.59 Å². The monoisotopic (exact) mass is 432 g/mol. The number of aromatic nitrogens is 3. The summed E-state index contributed by atoms with van der Waals surface area (Å²) < 4.78 is 4.91. The summed E-state index contributed by atoms with van der Waals surface area (Å²) in [5.74, 6) is 0. The molecule has 0 aliphatic carbocycles. The van der Waals surface area contributed by atoms with Gasteiger partial charge in [-0.3, -0.25) is 13.9 Å². The van der Waals surface area contributed by atoms with Crippen molar-refractivity contribution in [2.75, 3.05) is 5.32 Å². The highest BCUT2D eigenvalue weighted by atomic mass is 16.2. The second-order valence-electron chi connectivity index (χ2n) is 7.25. The van der Waals surface area contributed by atoms with Crippen molar-refractivity contribution in [3.8, 4) is 16.9 Å². The fourth-order valence-corrected chi connectivity index (χ4v) is 4.31. The van der Waals surface area contributed by atoms with Crippen molar-refractivity contribution in [1.29, 1.82) is 0 Å². The Labute approximate surface area is 188 Å². The lowest BCUT2D eigenvalue weighted by Gasteiger charge is -2.28. The smallest absolute Gasteiger partial charge is 0.331 e. The lowest BCUT2D eigenvalue weighted by atomic mass is 10.1. The van der Waals surface area contributed by atoms with Gasteiger partial charge in [-0.15, -0.1) is 0 Å². The van der Waals surface area contributed by atoms with Gasteiger partial charge < -0.3 is 9.88 Å². The van der Waals surface area contributed by atoms with Crippen molar-refractivity contribution in [2.24, 2.45) is 14.1 Å². The van der Waals surface area contributed by atoms with E-state index < -0.39 is 0 Å². The molecule has 0 spiro atoms. The summed E-state index contributed by atoms with van der Waals surface area (Å²) in [6.45, 7) is 10.1. The zero-order valence-electron chi connectivity index (χ0n) is 19.9. The largest absolute Gasteiger partial charge is 0.375 e. The van der Waals surface area contributed by atoms with E-state index in [-0.39, 0.29) is 17.3 Å². The van der Waals surface area contributed by atoms with Crippen molar-refractivity contribution in [3.63, 3.8) is 0 Å². The van der Waals surface area contributed by atoms with Gasteiger partial charge in [-0.25, -0.2) is 4.79 Å². The van der Waals surface area contributed by atoms with Gasteiger partial charge in [0.15, 0.2) is 0 Å². The summed E-state index contributed by atoms with van der Waals surface area (Å²) in [5.41, 5.74) is 4.74. The first-order valence-corrected chi connectivity index (χ1v) is 11.3. The Morgan fingerprint density at radius 3 is 2.06 bits per heavy atom. The number of hydrogen-bond acceptors (Lipinski definition) is 3. The Bertz CT molecular complexity index is 1360. The molecule has 6 heteroatoms. The maximum Gasteiger partial charge on any atom is 0.331 e. The highest BCUT2D eigenvalue weighted by Crippen LogP contribution is 2.42. The average molecular weight is 433 g/mol. The van der Waals surface area contributed by atoms with Gasteiger partial charge in [0.1, 0.15) is 0 Å². The molecule has 0 amide bonds. The highest BCUT2D eigenvalue weighted by molar-refractivity contribution is 5.98. The molecule has 1 atom stereocenters. The van der Waals surface area contributed by atoms with Gasteiger partial charge in [0.2, 0.25) is 0 Å². The number of nitrogens with zero attached hydrogens (tertiary/aromatic N) is 3. The number of fused-ring (bicyclic) bond motifs is 5. The predicted molar refractivity (Wildman–Crippen MR) is 134 cm³/mol. The van der Waals surface area contributed by atoms with Gasteiger partial charge in [0, 0.05) is 14.1 Å². The molecule has 0 bridgehead atoms. The summed E-state index contributed by atoms with van der Waals surface area (Å²) >= 11 is 0. The van der Waals surface area contributed by atoms with Crippen LogP contribution in [0.15, 0.2) is 64.2 Å². The second kappa shape index (κ2) is 9.30. The Morgan fingerprint density at radius 1 is 0.812 bits per heavy atom. The zero-order chi connectivity index (χ0) is 23.6. The minimum Gasteiger partial charge on any atom is -0.375 e. The fourth-order valence-electron chi connectivity index (χ4n) is 4.31. The van der Waals surface area contributed by atoms with E-state index >= 15 is 0 Å². The van der Waals surface area contributed by atoms with Gasteiger partial charge in [-0.05, 0) is 24.6 Å². The van der Waals surface area contributed by atoms with Crippen LogP contribution in [0.1, 0.15) is 46.4 Å². The third-order valence-electron chi connectivity index (χ3n) is 5.58. The Hall–Kier alpha value is -3.54. The molecule has 0 fully saturated rings. The van der Waals surface area contributed by atoms with Gasteiger partial charge in [-0.2, -0.15) is 0 Å². The highest BCUT2D eigenvalue weighted by Gasteiger charge is 2.31. The number of rotatable bonds is 1. The number of nitrogens with one attached hydrogen (secondary N) is 1. The SMILES string of the molecule is CC.CC.CC1Nc2ccccc2-n2c(-c3ccccc3)c3c(=O)n(C)c(=O)n(C)c3c21. The van der Waals surface area contributed by atoms with Crippen molar-refractivity contribution < 1.29 is 0 Å². The molecule has 168 valence electrons. The molecule has 1 unspecified atom stereocenters. The molecule has 32 heavy (non-hydrogen) atoms. The summed E-state index contributed by atoms with van der Waals surface area (Å²) in [7, 11) is 3.26. The summed E-state index contributed by atoms with van der Waals surface area (Å²) in [6.07, 6.45) is 0. The molecule has 2 aromatic carbocycles.